The van der Waals surface area contributed by atoms with Gasteiger partial charge in [0.25, 0.3) is 5.91 Å². The fourth-order valence-electron chi connectivity index (χ4n) is 3.99. The fourth-order valence-corrected chi connectivity index (χ4v) is 4.67. The van der Waals surface area contributed by atoms with Gasteiger partial charge < -0.3 is 20.1 Å². The number of amides is 2. The van der Waals surface area contributed by atoms with Crippen LogP contribution < -0.4 is 15.4 Å². The summed E-state index contributed by atoms with van der Waals surface area (Å²) in [6, 6.07) is 15.5. The van der Waals surface area contributed by atoms with Crippen molar-refractivity contribution >= 4 is 23.2 Å². The van der Waals surface area contributed by atoms with E-state index in [1.807, 2.05) is 30.3 Å². The molecule has 1 heterocycles. The minimum atomic E-state index is -0.446. The Morgan fingerprint density at radius 3 is 2.46 bits per heavy atom. The summed E-state index contributed by atoms with van der Waals surface area (Å²) >= 11 is 1.28. The van der Waals surface area contributed by atoms with Crippen molar-refractivity contribution < 1.29 is 23.5 Å². The number of rotatable bonds is 10. The number of hydrogen-bond acceptors (Lipinski definition) is 6. The van der Waals surface area contributed by atoms with Crippen LogP contribution in [0.15, 0.2) is 60.0 Å². The van der Waals surface area contributed by atoms with Gasteiger partial charge in [-0.15, -0.1) is 11.3 Å². The third kappa shape index (κ3) is 7.34. The highest BCUT2D eigenvalue weighted by molar-refractivity contribution is 7.09. The second-order valence-corrected chi connectivity index (χ2v) is 9.31. The fraction of sp³-hybridized carbons (Fsp3) is 0.346. The summed E-state index contributed by atoms with van der Waals surface area (Å²) in [7, 11) is 0. The molecule has 1 fully saturated rings. The van der Waals surface area contributed by atoms with Crippen LogP contribution >= 0.6 is 11.3 Å². The number of thiazole rings is 1. The second-order valence-electron chi connectivity index (χ2n) is 8.36. The second kappa shape index (κ2) is 12.4. The molecular formula is C26H28FN3O4S. The average molecular weight is 498 g/mol. The number of nitrogens with zero attached hydrogens (tertiary/aromatic N) is 1. The summed E-state index contributed by atoms with van der Waals surface area (Å²) in [6.07, 6.45) is 3.51. The molecule has 9 heteroatoms. The van der Waals surface area contributed by atoms with Crippen molar-refractivity contribution in [2.75, 3.05) is 6.61 Å². The number of nitrogens with one attached hydrogen (secondary N) is 2. The van der Waals surface area contributed by atoms with E-state index >= 15 is 0 Å². The molecule has 3 aromatic rings. The number of ether oxygens (including phenoxy) is 2. The molecule has 2 amide bonds. The smallest absolute Gasteiger partial charge is 0.271 e. The maximum atomic E-state index is 13.7. The molecule has 0 spiro atoms. The predicted molar refractivity (Wildman–Crippen MR) is 131 cm³/mol. The number of carbonyl (C=O) groups is 2. The van der Waals surface area contributed by atoms with Gasteiger partial charge in [0.2, 0.25) is 5.91 Å². The number of para-hydroxylation sites is 1. The van der Waals surface area contributed by atoms with Crippen molar-refractivity contribution in [1.29, 1.82) is 0 Å². The Balaban J connectivity index is 1.25. The van der Waals surface area contributed by atoms with Gasteiger partial charge >= 0.3 is 0 Å². The molecule has 2 N–H and O–H groups in total. The van der Waals surface area contributed by atoms with Gasteiger partial charge in [-0.1, -0.05) is 55.3 Å². The SMILES string of the molecule is O=C(COCc1ccccc1)NC1CCCCC1NC(=O)c1csc(COc2ccccc2F)n1. The zero-order valence-electron chi connectivity index (χ0n) is 19.2. The van der Waals surface area contributed by atoms with E-state index in [9.17, 15) is 14.0 Å². The largest absolute Gasteiger partial charge is 0.483 e. The maximum absolute atomic E-state index is 13.7. The molecule has 2 aromatic carbocycles. The number of aromatic nitrogens is 1. The third-order valence-electron chi connectivity index (χ3n) is 5.75. The highest BCUT2D eigenvalue weighted by atomic mass is 32.1. The molecule has 1 saturated carbocycles. The van der Waals surface area contributed by atoms with Crippen LogP contribution in [-0.4, -0.2) is 35.5 Å². The van der Waals surface area contributed by atoms with Crippen LogP contribution in [0.4, 0.5) is 4.39 Å². The lowest BCUT2D eigenvalue weighted by atomic mass is 9.90. The Morgan fingerprint density at radius 2 is 1.69 bits per heavy atom. The van der Waals surface area contributed by atoms with E-state index in [1.54, 1.807) is 23.6 Å². The van der Waals surface area contributed by atoms with Crippen molar-refractivity contribution in [2.24, 2.45) is 0 Å². The van der Waals surface area contributed by atoms with E-state index in [-0.39, 0.29) is 48.6 Å². The molecule has 0 aliphatic heterocycles. The predicted octanol–water partition coefficient (Wildman–Crippen LogP) is 4.24. The monoisotopic (exact) mass is 497 g/mol. The summed E-state index contributed by atoms with van der Waals surface area (Å²) in [6.45, 7) is 0.402. The minimum Gasteiger partial charge on any atom is -0.483 e. The Hall–Kier alpha value is -3.30. The summed E-state index contributed by atoms with van der Waals surface area (Å²) < 4.78 is 24.7. The first kappa shape index (κ1) is 24.8. The molecule has 0 radical (unpaired) electrons. The van der Waals surface area contributed by atoms with E-state index in [2.05, 4.69) is 15.6 Å². The molecule has 2 unspecified atom stereocenters. The first-order valence-corrected chi connectivity index (χ1v) is 12.5. The average Bonchev–Trinajstić information content (AvgIpc) is 3.35. The van der Waals surface area contributed by atoms with Crippen LogP contribution in [0.3, 0.4) is 0 Å². The molecule has 1 aliphatic carbocycles. The lowest BCUT2D eigenvalue weighted by molar-refractivity contribution is -0.127. The summed E-state index contributed by atoms with van der Waals surface area (Å²) in [5.74, 6) is -0.807. The standard InChI is InChI=1S/C26H28FN3O4S/c27-19-10-4-7-13-23(19)34-16-25-29-22(17-35-25)26(32)30-21-12-6-5-11-20(21)28-24(31)15-33-14-18-8-2-1-3-9-18/h1-4,7-10,13,17,20-21H,5-6,11-12,14-16H2,(H,28,31)(H,30,32). The Morgan fingerprint density at radius 1 is 0.971 bits per heavy atom. The van der Waals surface area contributed by atoms with Crippen LogP contribution in [0.2, 0.25) is 0 Å². The molecular weight excluding hydrogens is 469 g/mol. The lowest BCUT2D eigenvalue weighted by Gasteiger charge is -2.32. The van der Waals surface area contributed by atoms with E-state index < -0.39 is 5.82 Å². The molecule has 4 rings (SSSR count). The van der Waals surface area contributed by atoms with Crippen molar-refractivity contribution in [3.63, 3.8) is 0 Å². The first-order chi connectivity index (χ1) is 17.1. The summed E-state index contributed by atoms with van der Waals surface area (Å²) in [5, 5.41) is 8.25. The quantitative estimate of drug-likeness (QED) is 0.438. The van der Waals surface area contributed by atoms with Gasteiger partial charge in [0.1, 0.15) is 23.9 Å². The van der Waals surface area contributed by atoms with Gasteiger partial charge in [0, 0.05) is 17.5 Å². The van der Waals surface area contributed by atoms with Crippen LogP contribution in [0.1, 0.15) is 46.7 Å². The molecule has 1 aromatic heterocycles. The van der Waals surface area contributed by atoms with Crippen LogP contribution in [0.25, 0.3) is 0 Å². The number of benzene rings is 2. The van der Waals surface area contributed by atoms with Gasteiger partial charge in [-0.2, -0.15) is 0 Å². The van der Waals surface area contributed by atoms with E-state index in [1.165, 1.54) is 17.4 Å². The van der Waals surface area contributed by atoms with Gasteiger partial charge in [0.15, 0.2) is 11.6 Å². The summed E-state index contributed by atoms with van der Waals surface area (Å²) in [4.78, 5) is 29.6. The molecule has 35 heavy (non-hydrogen) atoms. The number of hydrogen-bond donors (Lipinski definition) is 2. The van der Waals surface area contributed by atoms with Gasteiger partial charge in [-0.3, -0.25) is 9.59 Å². The molecule has 1 aliphatic rings. The van der Waals surface area contributed by atoms with E-state index in [0.717, 1.165) is 31.2 Å². The normalized spacial score (nSPS) is 17.5. The van der Waals surface area contributed by atoms with Crippen molar-refractivity contribution in [3.05, 3.63) is 82.1 Å². The van der Waals surface area contributed by atoms with Crippen molar-refractivity contribution in [3.8, 4) is 5.75 Å². The van der Waals surface area contributed by atoms with Crippen LogP contribution in [-0.2, 0) is 22.7 Å². The van der Waals surface area contributed by atoms with Gasteiger partial charge in [-0.05, 0) is 30.5 Å². The highest BCUT2D eigenvalue weighted by Crippen LogP contribution is 2.21. The molecule has 0 saturated heterocycles. The topological polar surface area (TPSA) is 89.6 Å². The van der Waals surface area contributed by atoms with Gasteiger partial charge in [-0.25, -0.2) is 9.37 Å². The molecule has 184 valence electrons. The Labute approximate surface area is 207 Å². The summed E-state index contributed by atoms with van der Waals surface area (Å²) in [5.41, 5.74) is 1.29. The Kier molecular flexibility index (Phi) is 8.80. The molecule has 7 nitrogen and oxygen atoms in total. The van der Waals surface area contributed by atoms with Crippen molar-refractivity contribution in [2.45, 2.75) is 51.0 Å². The third-order valence-corrected chi connectivity index (χ3v) is 6.57. The molecule has 0 bridgehead atoms. The number of carbonyl (C=O) groups excluding carboxylic acids is 2. The zero-order valence-corrected chi connectivity index (χ0v) is 20.1. The first-order valence-electron chi connectivity index (χ1n) is 11.6. The highest BCUT2D eigenvalue weighted by Gasteiger charge is 2.28. The maximum Gasteiger partial charge on any atom is 0.271 e. The van der Waals surface area contributed by atoms with Crippen LogP contribution in [0.5, 0.6) is 5.75 Å². The van der Waals surface area contributed by atoms with Crippen molar-refractivity contribution in [1.82, 2.24) is 15.6 Å². The Bertz CT molecular complexity index is 1120. The van der Waals surface area contributed by atoms with Gasteiger partial charge in [0.05, 0.1) is 6.61 Å². The number of halogens is 1. The van der Waals surface area contributed by atoms with E-state index in [0.29, 0.717) is 11.6 Å². The van der Waals surface area contributed by atoms with Crippen LogP contribution in [0, 0.1) is 5.82 Å². The minimum absolute atomic E-state index is 0.0382. The lowest BCUT2D eigenvalue weighted by Crippen LogP contribution is -2.53. The molecule has 2 atom stereocenters. The van der Waals surface area contributed by atoms with E-state index in [4.69, 9.17) is 9.47 Å². The zero-order chi connectivity index (χ0) is 24.5.